The fourth-order valence-electron chi connectivity index (χ4n) is 1.18. The molecule has 1 rings (SSSR count). The molecule has 0 amide bonds. The zero-order chi connectivity index (χ0) is 9.68. The molecule has 0 fully saturated rings. The molecule has 0 heterocycles. The second-order valence-corrected chi connectivity index (χ2v) is 3.30. The summed E-state index contributed by atoms with van der Waals surface area (Å²) in [5.41, 5.74) is 1.85. The molecule has 1 N–H and O–H groups in total. The van der Waals surface area contributed by atoms with E-state index in [1.807, 2.05) is 19.1 Å². The molecule has 0 aromatic heterocycles. The maximum absolute atomic E-state index is 8.84. The summed E-state index contributed by atoms with van der Waals surface area (Å²) in [6, 6.07) is 9.55. The van der Waals surface area contributed by atoms with E-state index in [9.17, 15) is 0 Å². The third-order valence-electron chi connectivity index (χ3n) is 1.98. The molecule has 0 radical (unpaired) electrons. The number of rotatable bonds is 3. The van der Waals surface area contributed by atoms with Crippen LogP contribution >= 0.6 is 0 Å². The van der Waals surface area contributed by atoms with Gasteiger partial charge in [0.25, 0.3) is 0 Å². The van der Waals surface area contributed by atoms with Crippen LogP contribution < -0.4 is 0 Å². The molecular weight excluding hydrogens is 162 g/mol. The van der Waals surface area contributed by atoms with Crippen molar-refractivity contribution in [3.8, 4) is 6.07 Å². The molecule has 0 spiro atoms. The first-order valence-electron chi connectivity index (χ1n) is 4.36. The van der Waals surface area contributed by atoms with Gasteiger partial charge in [-0.1, -0.05) is 19.1 Å². The Labute approximate surface area is 78.4 Å². The number of aliphatic hydroxyl groups is 1. The molecule has 0 aliphatic heterocycles. The molecule has 1 atom stereocenters. The Hall–Kier alpha value is -1.33. The average Bonchev–Trinajstić information content (AvgIpc) is 2.19. The van der Waals surface area contributed by atoms with Gasteiger partial charge in [0.1, 0.15) is 0 Å². The van der Waals surface area contributed by atoms with Crippen LogP contribution in [-0.2, 0) is 6.42 Å². The van der Waals surface area contributed by atoms with Crippen LogP contribution in [0.1, 0.15) is 18.1 Å². The van der Waals surface area contributed by atoms with E-state index in [0.717, 1.165) is 6.42 Å². The second-order valence-electron chi connectivity index (χ2n) is 3.30. The SMILES string of the molecule is C[C@H](CO)Cc1ccc(C#N)cc1. The van der Waals surface area contributed by atoms with E-state index in [4.69, 9.17) is 10.4 Å². The van der Waals surface area contributed by atoms with Gasteiger partial charge in [-0.15, -0.1) is 0 Å². The molecule has 13 heavy (non-hydrogen) atoms. The minimum absolute atomic E-state index is 0.208. The van der Waals surface area contributed by atoms with Gasteiger partial charge >= 0.3 is 0 Å². The standard InChI is InChI=1S/C11H13NO/c1-9(8-13)6-10-2-4-11(7-12)5-3-10/h2-5,9,13H,6,8H2,1H3/t9-/m0/s1. The van der Waals surface area contributed by atoms with Crippen LogP contribution in [0.5, 0.6) is 0 Å². The second kappa shape index (κ2) is 4.64. The highest BCUT2D eigenvalue weighted by Crippen LogP contribution is 2.09. The summed E-state index contributed by atoms with van der Waals surface area (Å²) in [5.74, 6) is 0.285. The third kappa shape index (κ3) is 2.89. The molecule has 2 heteroatoms. The number of aliphatic hydroxyl groups excluding tert-OH is 1. The van der Waals surface area contributed by atoms with Crippen molar-refractivity contribution in [2.24, 2.45) is 5.92 Å². The van der Waals surface area contributed by atoms with Crippen LogP contribution in [0.3, 0.4) is 0 Å². The maximum Gasteiger partial charge on any atom is 0.0991 e. The van der Waals surface area contributed by atoms with Gasteiger partial charge in [0, 0.05) is 6.61 Å². The highest BCUT2D eigenvalue weighted by atomic mass is 16.3. The Morgan fingerprint density at radius 1 is 1.38 bits per heavy atom. The number of hydrogen-bond donors (Lipinski definition) is 1. The average molecular weight is 175 g/mol. The summed E-state index contributed by atoms with van der Waals surface area (Å²) in [7, 11) is 0. The Kier molecular flexibility index (Phi) is 3.48. The Bertz CT molecular complexity index is 297. The summed E-state index contributed by atoms with van der Waals surface area (Å²) in [6.07, 6.45) is 0.863. The first-order valence-corrected chi connectivity index (χ1v) is 4.36. The molecule has 0 aliphatic carbocycles. The molecule has 2 nitrogen and oxygen atoms in total. The van der Waals surface area contributed by atoms with Gasteiger partial charge in [-0.25, -0.2) is 0 Å². The van der Waals surface area contributed by atoms with Crippen LogP contribution in [0.2, 0.25) is 0 Å². The molecule has 0 bridgehead atoms. The normalized spacial score (nSPS) is 12.1. The van der Waals surface area contributed by atoms with E-state index in [1.54, 1.807) is 12.1 Å². The van der Waals surface area contributed by atoms with Gasteiger partial charge in [0.2, 0.25) is 0 Å². The third-order valence-corrected chi connectivity index (χ3v) is 1.98. The van der Waals surface area contributed by atoms with Crippen LogP contribution in [0.25, 0.3) is 0 Å². The number of benzene rings is 1. The molecular formula is C11H13NO. The molecule has 0 saturated carbocycles. The van der Waals surface area contributed by atoms with Crippen molar-refractivity contribution in [1.82, 2.24) is 0 Å². The van der Waals surface area contributed by atoms with E-state index in [-0.39, 0.29) is 12.5 Å². The van der Waals surface area contributed by atoms with Gasteiger partial charge < -0.3 is 5.11 Å². The highest BCUT2D eigenvalue weighted by molar-refractivity contribution is 5.31. The number of hydrogen-bond acceptors (Lipinski definition) is 2. The van der Waals surface area contributed by atoms with Crippen LogP contribution in [0, 0.1) is 17.2 Å². The Balaban J connectivity index is 2.65. The zero-order valence-corrected chi connectivity index (χ0v) is 7.70. The number of nitrogens with zero attached hydrogens (tertiary/aromatic N) is 1. The lowest BCUT2D eigenvalue weighted by Gasteiger charge is -2.06. The van der Waals surface area contributed by atoms with Crippen molar-refractivity contribution in [2.75, 3.05) is 6.61 Å². The summed E-state index contributed by atoms with van der Waals surface area (Å²) < 4.78 is 0. The Morgan fingerprint density at radius 2 is 2.00 bits per heavy atom. The van der Waals surface area contributed by atoms with Crippen molar-refractivity contribution in [3.05, 3.63) is 35.4 Å². The van der Waals surface area contributed by atoms with E-state index in [0.29, 0.717) is 5.56 Å². The minimum atomic E-state index is 0.208. The van der Waals surface area contributed by atoms with E-state index < -0.39 is 0 Å². The molecule has 0 unspecified atom stereocenters. The van der Waals surface area contributed by atoms with Crippen LogP contribution in [0.4, 0.5) is 0 Å². The van der Waals surface area contributed by atoms with Gasteiger partial charge in [0.05, 0.1) is 11.6 Å². The Morgan fingerprint density at radius 3 is 2.46 bits per heavy atom. The smallest absolute Gasteiger partial charge is 0.0991 e. The fraction of sp³-hybridized carbons (Fsp3) is 0.364. The van der Waals surface area contributed by atoms with E-state index >= 15 is 0 Å². The monoisotopic (exact) mass is 175 g/mol. The molecule has 1 aromatic carbocycles. The fourth-order valence-corrected chi connectivity index (χ4v) is 1.18. The first kappa shape index (κ1) is 9.76. The van der Waals surface area contributed by atoms with E-state index in [1.165, 1.54) is 5.56 Å². The van der Waals surface area contributed by atoms with Crippen molar-refractivity contribution < 1.29 is 5.11 Å². The molecule has 1 aromatic rings. The van der Waals surface area contributed by atoms with Crippen molar-refractivity contribution in [3.63, 3.8) is 0 Å². The van der Waals surface area contributed by atoms with Gasteiger partial charge in [-0.05, 0) is 30.0 Å². The zero-order valence-electron chi connectivity index (χ0n) is 7.70. The van der Waals surface area contributed by atoms with Crippen molar-refractivity contribution in [2.45, 2.75) is 13.3 Å². The lowest BCUT2D eigenvalue weighted by Crippen LogP contribution is -2.04. The predicted octanol–water partition coefficient (Wildman–Crippen LogP) is 1.73. The van der Waals surface area contributed by atoms with Crippen LogP contribution in [0.15, 0.2) is 24.3 Å². The lowest BCUT2D eigenvalue weighted by atomic mass is 10.0. The van der Waals surface area contributed by atoms with Gasteiger partial charge in [-0.3, -0.25) is 0 Å². The maximum atomic E-state index is 8.84. The summed E-state index contributed by atoms with van der Waals surface area (Å²) in [6.45, 7) is 2.21. The van der Waals surface area contributed by atoms with Gasteiger partial charge in [0.15, 0.2) is 0 Å². The summed E-state index contributed by atoms with van der Waals surface area (Å²) in [5, 5.41) is 17.4. The van der Waals surface area contributed by atoms with E-state index in [2.05, 4.69) is 6.07 Å². The molecule has 0 saturated heterocycles. The predicted molar refractivity (Wildman–Crippen MR) is 51.1 cm³/mol. The number of nitriles is 1. The summed E-state index contributed by atoms with van der Waals surface area (Å²) in [4.78, 5) is 0. The minimum Gasteiger partial charge on any atom is -0.396 e. The molecule has 0 aliphatic rings. The van der Waals surface area contributed by atoms with Crippen molar-refractivity contribution >= 4 is 0 Å². The topological polar surface area (TPSA) is 44.0 Å². The van der Waals surface area contributed by atoms with Crippen molar-refractivity contribution in [1.29, 1.82) is 5.26 Å². The lowest BCUT2D eigenvalue weighted by molar-refractivity contribution is 0.237. The summed E-state index contributed by atoms with van der Waals surface area (Å²) >= 11 is 0. The highest BCUT2D eigenvalue weighted by Gasteiger charge is 2.01. The van der Waals surface area contributed by atoms with Gasteiger partial charge in [-0.2, -0.15) is 5.26 Å². The van der Waals surface area contributed by atoms with Crippen LogP contribution in [-0.4, -0.2) is 11.7 Å². The quantitative estimate of drug-likeness (QED) is 0.760. The first-order chi connectivity index (χ1) is 6.26. The largest absolute Gasteiger partial charge is 0.396 e. The molecule has 68 valence electrons.